The van der Waals surface area contributed by atoms with E-state index in [1.165, 1.54) is 103 Å². The standard InChI is InChI=1S/C45H86O8/c1-5-9-13-17-19-25-33-40(31-23-15-11-7-3)52-43(46)35-27-21-29-37-50-39-42(45(48)49)51-38-30-22-28-36-44(47)53-41(32-24-16-12-8-4)34-26-20-18-14-10-6-2/h40-42H,5-39H2,1-4H3,(H,48,49). The summed E-state index contributed by atoms with van der Waals surface area (Å²) in [6.45, 7) is 9.64. The number of hydrogen-bond acceptors (Lipinski definition) is 7. The van der Waals surface area contributed by atoms with Gasteiger partial charge in [0.2, 0.25) is 0 Å². The van der Waals surface area contributed by atoms with E-state index in [-0.39, 0.29) is 30.8 Å². The van der Waals surface area contributed by atoms with Gasteiger partial charge in [0.25, 0.3) is 0 Å². The summed E-state index contributed by atoms with van der Waals surface area (Å²) in [5.41, 5.74) is 0. The Morgan fingerprint density at radius 2 is 0.774 bits per heavy atom. The van der Waals surface area contributed by atoms with Gasteiger partial charge in [0.15, 0.2) is 6.10 Å². The highest BCUT2D eigenvalue weighted by atomic mass is 16.6. The molecule has 0 aromatic carbocycles. The molecule has 0 aliphatic carbocycles. The van der Waals surface area contributed by atoms with Crippen LogP contribution in [0.4, 0.5) is 0 Å². The largest absolute Gasteiger partial charge is 0.479 e. The van der Waals surface area contributed by atoms with Gasteiger partial charge in [-0.3, -0.25) is 9.59 Å². The zero-order valence-corrected chi connectivity index (χ0v) is 35.3. The van der Waals surface area contributed by atoms with Crippen LogP contribution in [0.25, 0.3) is 0 Å². The number of ether oxygens (including phenoxy) is 4. The van der Waals surface area contributed by atoms with Gasteiger partial charge in [0.1, 0.15) is 12.2 Å². The van der Waals surface area contributed by atoms with Crippen LogP contribution in [0.5, 0.6) is 0 Å². The zero-order chi connectivity index (χ0) is 39.0. The van der Waals surface area contributed by atoms with Crippen LogP contribution < -0.4 is 0 Å². The minimum atomic E-state index is -1.03. The van der Waals surface area contributed by atoms with Gasteiger partial charge in [-0.15, -0.1) is 0 Å². The Kier molecular flexibility index (Phi) is 38.7. The van der Waals surface area contributed by atoms with E-state index >= 15 is 0 Å². The van der Waals surface area contributed by atoms with Gasteiger partial charge in [-0.2, -0.15) is 0 Å². The second kappa shape index (κ2) is 40.0. The molecule has 8 nitrogen and oxygen atoms in total. The molecule has 0 heterocycles. The molecule has 3 unspecified atom stereocenters. The second-order valence-corrected chi connectivity index (χ2v) is 15.4. The number of carboxylic acid groups (broad SMARTS) is 1. The second-order valence-electron chi connectivity index (χ2n) is 15.4. The number of carboxylic acids is 1. The van der Waals surface area contributed by atoms with Gasteiger partial charge < -0.3 is 24.1 Å². The maximum atomic E-state index is 12.6. The third-order valence-corrected chi connectivity index (χ3v) is 10.2. The van der Waals surface area contributed by atoms with E-state index in [0.717, 1.165) is 77.0 Å². The van der Waals surface area contributed by atoms with Crippen molar-refractivity contribution in [2.45, 2.75) is 251 Å². The molecule has 0 radical (unpaired) electrons. The fraction of sp³-hybridized carbons (Fsp3) is 0.933. The van der Waals surface area contributed by atoms with Crippen LogP contribution in [0.15, 0.2) is 0 Å². The Labute approximate surface area is 327 Å². The first-order chi connectivity index (χ1) is 25.9. The monoisotopic (exact) mass is 755 g/mol. The maximum Gasteiger partial charge on any atom is 0.335 e. The average Bonchev–Trinajstić information content (AvgIpc) is 3.14. The quantitative estimate of drug-likeness (QED) is 0.0485. The van der Waals surface area contributed by atoms with Crippen molar-refractivity contribution in [3.63, 3.8) is 0 Å². The molecule has 0 fully saturated rings. The zero-order valence-electron chi connectivity index (χ0n) is 35.3. The lowest BCUT2D eigenvalue weighted by molar-refractivity contribution is -0.155. The first kappa shape index (κ1) is 51.3. The molecule has 0 rings (SSSR count). The Morgan fingerprint density at radius 3 is 1.17 bits per heavy atom. The minimum absolute atomic E-state index is 0.000104. The van der Waals surface area contributed by atoms with Crippen LogP contribution in [0, 0.1) is 0 Å². The van der Waals surface area contributed by atoms with Crippen molar-refractivity contribution in [3.8, 4) is 0 Å². The smallest absolute Gasteiger partial charge is 0.335 e. The SMILES string of the molecule is CCCCCCCCC(CCCCCC)OC(=O)CCCCCOCC(OCCCCCC(=O)OC(CCCCCC)CCCCCCCC)C(=O)O. The van der Waals surface area contributed by atoms with E-state index < -0.39 is 12.1 Å². The third kappa shape index (κ3) is 35.8. The lowest BCUT2D eigenvalue weighted by atomic mass is 10.0. The summed E-state index contributed by atoms with van der Waals surface area (Å²) in [7, 11) is 0. The first-order valence-corrected chi connectivity index (χ1v) is 22.7. The van der Waals surface area contributed by atoms with E-state index in [2.05, 4.69) is 27.7 Å². The fourth-order valence-corrected chi connectivity index (χ4v) is 6.72. The lowest BCUT2D eigenvalue weighted by Gasteiger charge is -2.18. The lowest BCUT2D eigenvalue weighted by Crippen LogP contribution is -2.29. The minimum Gasteiger partial charge on any atom is -0.479 e. The highest BCUT2D eigenvalue weighted by molar-refractivity contribution is 5.72. The van der Waals surface area contributed by atoms with E-state index in [1.54, 1.807) is 0 Å². The van der Waals surface area contributed by atoms with Gasteiger partial charge in [-0.05, 0) is 77.0 Å². The van der Waals surface area contributed by atoms with Crippen LogP contribution in [0.1, 0.15) is 233 Å². The van der Waals surface area contributed by atoms with E-state index in [1.807, 2.05) is 0 Å². The molecule has 0 aliphatic heterocycles. The van der Waals surface area contributed by atoms with E-state index in [9.17, 15) is 19.5 Å². The van der Waals surface area contributed by atoms with Crippen LogP contribution >= 0.6 is 0 Å². The van der Waals surface area contributed by atoms with Crippen molar-refractivity contribution in [2.75, 3.05) is 19.8 Å². The molecular formula is C45H86O8. The molecule has 53 heavy (non-hydrogen) atoms. The number of unbranched alkanes of at least 4 members (excludes halogenated alkanes) is 20. The van der Waals surface area contributed by atoms with Crippen molar-refractivity contribution in [1.29, 1.82) is 0 Å². The van der Waals surface area contributed by atoms with Crippen molar-refractivity contribution in [2.24, 2.45) is 0 Å². The number of carbonyl (C=O) groups excluding carboxylic acids is 2. The van der Waals surface area contributed by atoms with E-state index in [0.29, 0.717) is 38.9 Å². The Morgan fingerprint density at radius 1 is 0.434 bits per heavy atom. The van der Waals surface area contributed by atoms with Crippen LogP contribution in [-0.2, 0) is 33.3 Å². The molecule has 1 N–H and O–H groups in total. The van der Waals surface area contributed by atoms with E-state index in [4.69, 9.17) is 18.9 Å². The van der Waals surface area contributed by atoms with Crippen LogP contribution in [0.3, 0.4) is 0 Å². The van der Waals surface area contributed by atoms with Crippen molar-refractivity contribution in [3.05, 3.63) is 0 Å². The molecule has 0 spiro atoms. The van der Waals surface area contributed by atoms with Gasteiger partial charge in [-0.25, -0.2) is 4.79 Å². The third-order valence-electron chi connectivity index (χ3n) is 10.2. The molecule has 0 amide bonds. The molecule has 0 aliphatic rings. The maximum absolute atomic E-state index is 12.6. The highest BCUT2D eigenvalue weighted by Crippen LogP contribution is 2.19. The Bertz CT molecular complexity index is 818. The molecule has 3 atom stereocenters. The topological polar surface area (TPSA) is 108 Å². The van der Waals surface area contributed by atoms with Crippen LogP contribution in [-0.4, -0.2) is 61.1 Å². The molecule has 8 heteroatoms. The number of esters is 2. The summed E-state index contributed by atoms with van der Waals surface area (Å²) in [6, 6.07) is 0. The number of carbonyl (C=O) groups is 3. The Hall–Kier alpha value is -1.67. The summed E-state index contributed by atoms with van der Waals surface area (Å²) in [5.74, 6) is -1.24. The fourth-order valence-electron chi connectivity index (χ4n) is 6.72. The molecule has 0 saturated heterocycles. The summed E-state index contributed by atoms with van der Waals surface area (Å²) < 4.78 is 23.0. The molecule has 0 bridgehead atoms. The predicted octanol–water partition coefficient (Wildman–Crippen LogP) is 12.9. The number of rotatable bonds is 42. The van der Waals surface area contributed by atoms with Gasteiger partial charge in [0, 0.05) is 26.1 Å². The molecule has 0 aromatic heterocycles. The Balaban J connectivity index is 4.19. The molecule has 314 valence electrons. The summed E-state index contributed by atoms with van der Waals surface area (Å²) in [4.78, 5) is 36.9. The van der Waals surface area contributed by atoms with Gasteiger partial charge in [0.05, 0.1) is 6.61 Å². The average molecular weight is 755 g/mol. The van der Waals surface area contributed by atoms with Crippen molar-refractivity contribution in [1.82, 2.24) is 0 Å². The predicted molar refractivity (Wildman–Crippen MR) is 218 cm³/mol. The van der Waals surface area contributed by atoms with Crippen LogP contribution in [0.2, 0.25) is 0 Å². The molecule has 0 aromatic rings. The first-order valence-electron chi connectivity index (χ1n) is 22.7. The summed E-state index contributed by atoms with van der Waals surface area (Å²) in [5, 5.41) is 9.58. The number of aliphatic carboxylic acids is 1. The van der Waals surface area contributed by atoms with Gasteiger partial charge in [-0.1, -0.05) is 143 Å². The summed E-state index contributed by atoms with van der Waals surface area (Å²) in [6.07, 6.45) is 32.6. The van der Waals surface area contributed by atoms with Crippen molar-refractivity contribution >= 4 is 17.9 Å². The highest BCUT2D eigenvalue weighted by Gasteiger charge is 2.19. The molecule has 0 saturated carbocycles. The molecular weight excluding hydrogens is 668 g/mol. The summed E-state index contributed by atoms with van der Waals surface area (Å²) >= 11 is 0. The number of hydrogen-bond donors (Lipinski definition) is 1. The van der Waals surface area contributed by atoms with Gasteiger partial charge >= 0.3 is 17.9 Å². The van der Waals surface area contributed by atoms with Crippen molar-refractivity contribution < 1.29 is 38.4 Å². The normalized spacial score (nSPS) is 13.1.